The van der Waals surface area contributed by atoms with Crippen LogP contribution in [0.2, 0.25) is 0 Å². The smallest absolute Gasteiger partial charge is 0.308 e. The van der Waals surface area contributed by atoms with Crippen molar-refractivity contribution >= 4 is 5.97 Å². The van der Waals surface area contributed by atoms with E-state index in [9.17, 15) is 4.79 Å². The molecule has 2 saturated carbocycles. The molecule has 0 N–H and O–H groups in total. The summed E-state index contributed by atoms with van der Waals surface area (Å²) in [4.78, 5) is 12.1. The lowest BCUT2D eigenvalue weighted by molar-refractivity contribution is -0.176. The minimum absolute atomic E-state index is 0.00202. The summed E-state index contributed by atoms with van der Waals surface area (Å²) in [5, 5.41) is 0. The first kappa shape index (κ1) is 14.9. The second kappa shape index (κ2) is 6.28. The van der Waals surface area contributed by atoms with Gasteiger partial charge in [-0.1, -0.05) is 40.0 Å². The van der Waals surface area contributed by atoms with E-state index in [0.717, 1.165) is 18.8 Å². The van der Waals surface area contributed by atoms with Crippen molar-refractivity contribution in [3.05, 3.63) is 0 Å². The molecule has 0 aromatic rings. The van der Waals surface area contributed by atoms with Gasteiger partial charge in [0, 0.05) is 0 Å². The number of rotatable bonds is 4. The monoisotopic (exact) mass is 266 g/mol. The van der Waals surface area contributed by atoms with Crippen LogP contribution in [0.15, 0.2) is 0 Å². The van der Waals surface area contributed by atoms with Crippen molar-refractivity contribution in [3.8, 4) is 0 Å². The lowest BCUT2D eigenvalue weighted by Crippen LogP contribution is -2.45. The first-order chi connectivity index (χ1) is 9.07. The Morgan fingerprint density at radius 3 is 2.21 bits per heavy atom. The zero-order valence-corrected chi connectivity index (χ0v) is 12.9. The number of esters is 1. The van der Waals surface area contributed by atoms with Crippen LogP contribution in [0.25, 0.3) is 0 Å². The fourth-order valence-corrected chi connectivity index (χ4v) is 3.94. The molecule has 19 heavy (non-hydrogen) atoms. The van der Waals surface area contributed by atoms with Crippen LogP contribution >= 0.6 is 0 Å². The summed E-state index contributed by atoms with van der Waals surface area (Å²) < 4.78 is 6.08. The van der Waals surface area contributed by atoms with Crippen LogP contribution in [-0.4, -0.2) is 11.6 Å². The zero-order chi connectivity index (χ0) is 13.9. The highest BCUT2D eigenvalue weighted by Crippen LogP contribution is 2.47. The van der Waals surface area contributed by atoms with Crippen molar-refractivity contribution < 1.29 is 9.53 Å². The molecule has 0 spiro atoms. The number of carbonyl (C=O) groups is 1. The van der Waals surface area contributed by atoms with Gasteiger partial charge in [-0.05, 0) is 50.4 Å². The van der Waals surface area contributed by atoms with Gasteiger partial charge in [0.1, 0.15) is 5.60 Å². The van der Waals surface area contributed by atoms with E-state index in [2.05, 4.69) is 6.92 Å². The molecule has 0 aromatic heterocycles. The topological polar surface area (TPSA) is 26.3 Å². The number of hydrogen-bond donors (Lipinski definition) is 0. The van der Waals surface area contributed by atoms with E-state index in [1.807, 2.05) is 13.8 Å². The van der Waals surface area contributed by atoms with Crippen LogP contribution in [0.5, 0.6) is 0 Å². The maximum atomic E-state index is 12.1. The summed E-state index contributed by atoms with van der Waals surface area (Å²) in [6, 6.07) is 0. The van der Waals surface area contributed by atoms with Crippen LogP contribution in [-0.2, 0) is 9.53 Å². The Morgan fingerprint density at radius 1 is 1.16 bits per heavy atom. The number of ether oxygens (including phenoxy) is 1. The zero-order valence-electron chi connectivity index (χ0n) is 12.9. The summed E-state index contributed by atoms with van der Waals surface area (Å²) >= 11 is 0. The van der Waals surface area contributed by atoms with Crippen LogP contribution < -0.4 is 0 Å². The normalized spacial score (nSPS) is 32.7. The van der Waals surface area contributed by atoms with E-state index in [4.69, 9.17) is 4.74 Å². The predicted octanol–water partition coefficient (Wildman–Crippen LogP) is 4.71. The number of hydrogen-bond acceptors (Lipinski definition) is 2. The summed E-state index contributed by atoms with van der Waals surface area (Å²) in [6.07, 6.45) is 11.2. The van der Waals surface area contributed by atoms with Crippen LogP contribution in [0.3, 0.4) is 0 Å². The van der Waals surface area contributed by atoms with E-state index >= 15 is 0 Å². The number of carbonyl (C=O) groups excluding carboxylic acids is 1. The largest absolute Gasteiger partial charge is 0.459 e. The van der Waals surface area contributed by atoms with Crippen molar-refractivity contribution in [1.82, 2.24) is 0 Å². The van der Waals surface area contributed by atoms with Crippen LogP contribution in [0, 0.1) is 17.8 Å². The molecule has 0 atom stereocenters. The van der Waals surface area contributed by atoms with E-state index in [1.165, 1.54) is 44.9 Å². The Hall–Kier alpha value is -0.530. The van der Waals surface area contributed by atoms with Gasteiger partial charge in [0.05, 0.1) is 5.92 Å². The van der Waals surface area contributed by atoms with Crippen molar-refractivity contribution in [3.63, 3.8) is 0 Å². The third kappa shape index (κ3) is 3.32. The summed E-state index contributed by atoms with van der Waals surface area (Å²) in [5.74, 6) is 1.50. The standard InChI is InChI=1S/C17H30O2/c1-4-14-9-11-17(12-10-14,15-7-5-6-8-15)19-16(18)13(2)3/h13-15H,4-12H2,1-3H3. The predicted molar refractivity (Wildman–Crippen MR) is 77.9 cm³/mol. The van der Waals surface area contributed by atoms with Gasteiger partial charge in [-0.15, -0.1) is 0 Å². The first-order valence-electron chi connectivity index (χ1n) is 8.30. The van der Waals surface area contributed by atoms with Gasteiger partial charge >= 0.3 is 5.97 Å². The maximum absolute atomic E-state index is 12.1. The molecule has 0 aliphatic heterocycles. The minimum atomic E-state index is -0.108. The lowest BCUT2D eigenvalue weighted by Gasteiger charge is -2.44. The SMILES string of the molecule is CCC1CCC(OC(=O)C(C)C)(C2CCCC2)CC1. The van der Waals surface area contributed by atoms with Gasteiger partial charge in [0.15, 0.2) is 0 Å². The van der Waals surface area contributed by atoms with Crippen molar-refractivity contribution in [2.75, 3.05) is 0 Å². The minimum Gasteiger partial charge on any atom is -0.459 e. The summed E-state index contributed by atoms with van der Waals surface area (Å²) in [6.45, 7) is 6.18. The Morgan fingerprint density at radius 2 is 1.74 bits per heavy atom. The fourth-order valence-electron chi connectivity index (χ4n) is 3.94. The second-order valence-corrected chi connectivity index (χ2v) is 6.97. The Bertz CT molecular complexity index is 294. The molecular weight excluding hydrogens is 236 g/mol. The highest BCUT2D eigenvalue weighted by atomic mass is 16.6. The van der Waals surface area contributed by atoms with Crippen molar-refractivity contribution in [2.45, 2.75) is 84.2 Å². The molecule has 0 bridgehead atoms. The fraction of sp³-hybridized carbons (Fsp3) is 0.941. The van der Waals surface area contributed by atoms with Crippen molar-refractivity contribution in [2.24, 2.45) is 17.8 Å². The van der Waals surface area contributed by atoms with Gasteiger partial charge in [-0.2, -0.15) is 0 Å². The van der Waals surface area contributed by atoms with E-state index in [1.54, 1.807) is 0 Å². The van der Waals surface area contributed by atoms with Crippen LogP contribution in [0.1, 0.15) is 78.6 Å². The molecule has 0 saturated heterocycles. The average Bonchev–Trinajstić information content (AvgIpc) is 2.94. The molecule has 0 amide bonds. The van der Waals surface area contributed by atoms with E-state index in [-0.39, 0.29) is 17.5 Å². The molecule has 0 unspecified atom stereocenters. The summed E-state index contributed by atoms with van der Waals surface area (Å²) in [5.41, 5.74) is -0.108. The van der Waals surface area contributed by atoms with Crippen LogP contribution in [0.4, 0.5) is 0 Å². The first-order valence-corrected chi connectivity index (χ1v) is 8.30. The van der Waals surface area contributed by atoms with Gasteiger partial charge < -0.3 is 4.74 Å². The second-order valence-electron chi connectivity index (χ2n) is 6.97. The Labute approximate surface area is 118 Å². The van der Waals surface area contributed by atoms with E-state index in [0.29, 0.717) is 5.92 Å². The molecule has 2 nitrogen and oxygen atoms in total. The van der Waals surface area contributed by atoms with Gasteiger partial charge in [-0.25, -0.2) is 0 Å². The summed E-state index contributed by atoms with van der Waals surface area (Å²) in [7, 11) is 0. The average molecular weight is 266 g/mol. The lowest BCUT2D eigenvalue weighted by atomic mass is 9.70. The van der Waals surface area contributed by atoms with Gasteiger partial charge in [0.25, 0.3) is 0 Å². The molecule has 0 radical (unpaired) electrons. The quantitative estimate of drug-likeness (QED) is 0.688. The molecule has 2 aliphatic carbocycles. The molecular formula is C17H30O2. The molecule has 0 heterocycles. The Kier molecular flexibility index (Phi) is 4.92. The molecule has 0 aromatic carbocycles. The maximum Gasteiger partial charge on any atom is 0.308 e. The molecule has 2 fully saturated rings. The highest BCUT2D eigenvalue weighted by molar-refractivity contribution is 5.72. The van der Waals surface area contributed by atoms with Gasteiger partial charge in [0.2, 0.25) is 0 Å². The molecule has 110 valence electrons. The van der Waals surface area contributed by atoms with E-state index < -0.39 is 0 Å². The van der Waals surface area contributed by atoms with Gasteiger partial charge in [-0.3, -0.25) is 4.79 Å². The third-order valence-corrected chi connectivity index (χ3v) is 5.40. The third-order valence-electron chi connectivity index (χ3n) is 5.40. The molecule has 2 rings (SSSR count). The molecule has 2 heteroatoms. The Balaban J connectivity index is 2.07. The highest BCUT2D eigenvalue weighted by Gasteiger charge is 2.45. The van der Waals surface area contributed by atoms with Crippen molar-refractivity contribution in [1.29, 1.82) is 0 Å². The molecule has 2 aliphatic rings.